The van der Waals surface area contributed by atoms with E-state index < -0.39 is 23.5 Å². The monoisotopic (exact) mass is 271 g/mol. The van der Waals surface area contributed by atoms with Crippen LogP contribution in [0.5, 0.6) is 0 Å². The van der Waals surface area contributed by atoms with Gasteiger partial charge in [0.05, 0.1) is 6.54 Å². The highest BCUT2D eigenvalue weighted by Crippen LogP contribution is 2.19. The van der Waals surface area contributed by atoms with E-state index in [0.29, 0.717) is 6.54 Å². The van der Waals surface area contributed by atoms with Crippen molar-refractivity contribution in [2.24, 2.45) is 5.41 Å². The molecule has 7 heteroatoms. The van der Waals surface area contributed by atoms with Gasteiger partial charge in [-0.05, 0) is 5.41 Å². The smallest absolute Gasteiger partial charge is 0.326 e. The van der Waals surface area contributed by atoms with Gasteiger partial charge in [0.15, 0.2) is 0 Å². The molecule has 0 aliphatic heterocycles. The predicted octanol–water partition coefficient (Wildman–Crippen LogP) is 1.44. The van der Waals surface area contributed by atoms with Gasteiger partial charge in [-0.25, -0.2) is 14.6 Å². The summed E-state index contributed by atoms with van der Waals surface area (Å²) in [4.78, 5) is 26.7. The first-order valence-electron chi connectivity index (χ1n) is 5.46. The zero-order chi connectivity index (χ0) is 13.8. The first-order valence-corrected chi connectivity index (χ1v) is 6.34. The van der Waals surface area contributed by atoms with Crippen molar-refractivity contribution >= 4 is 23.3 Å². The summed E-state index contributed by atoms with van der Waals surface area (Å²) in [6.07, 6.45) is 1.65. The molecule has 18 heavy (non-hydrogen) atoms. The zero-order valence-corrected chi connectivity index (χ0v) is 11.4. The van der Waals surface area contributed by atoms with Crippen LogP contribution in [0, 0.1) is 5.41 Å². The summed E-state index contributed by atoms with van der Waals surface area (Å²) in [5, 5.41) is 16.7. The SMILES string of the molecule is CC(C)(C)[C@H](NC(=O)NCc1nccs1)C(=O)O. The molecule has 6 nitrogen and oxygen atoms in total. The first-order chi connectivity index (χ1) is 8.30. The molecule has 0 saturated carbocycles. The number of carbonyl (C=O) groups is 2. The van der Waals surface area contributed by atoms with E-state index in [1.165, 1.54) is 11.3 Å². The maximum Gasteiger partial charge on any atom is 0.326 e. The molecule has 2 amide bonds. The molecular weight excluding hydrogens is 254 g/mol. The van der Waals surface area contributed by atoms with E-state index >= 15 is 0 Å². The zero-order valence-electron chi connectivity index (χ0n) is 10.6. The molecule has 3 N–H and O–H groups in total. The van der Waals surface area contributed by atoms with Gasteiger partial charge in [-0.3, -0.25) is 0 Å². The van der Waals surface area contributed by atoms with Gasteiger partial charge in [0.1, 0.15) is 11.0 Å². The molecule has 0 aliphatic rings. The van der Waals surface area contributed by atoms with Gasteiger partial charge in [-0.15, -0.1) is 11.3 Å². The van der Waals surface area contributed by atoms with Crippen LogP contribution in [0.15, 0.2) is 11.6 Å². The molecule has 1 atom stereocenters. The maximum absolute atomic E-state index is 11.6. The van der Waals surface area contributed by atoms with E-state index in [1.54, 1.807) is 27.0 Å². The Morgan fingerprint density at radius 2 is 2.17 bits per heavy atom. The fraction of sp³-hybridized carbons (Fsp3) is 0.545. The van der Waals surface area contributed by atoms with E-state index in [4.69, 9.17) is 5.11 Å². The van der Waals surface area contributed by atoms with E-state index in [9.17, 15) is 9.59 Å². The summed E-state index contributed by atoms with van der Waals surface area (Å²) in [6.45, 7) is 5.56. The molecular formula is C11H17N3O3S. The first kappa shape index (κ1) is 14.4. The van der Waals surface area contributed by atoms with Gasteiger partial charge in [0.2, 0.25) is 0 Å². The minimum absolute atomic E-state index is 0.292. The Labute approximate surface area is 109 Å². The Balaban J connectivity index is 2.49. The van der Waals surface area contributed by atoms with Crippen molar-refractivity contribution in [2.75, 3.05) is 0 Å². The van der Waals surface area contributed by atoms with Crippen LogP contribution >= 0.6 is 11.3 Å². The molecule has 1 heterocycles. The van der Waals surface area contributed by atoms with Crippen LogP contribution in [0.3, 0.4) is 0 Å². The lowest BCUT2D eigenvalue weighted by molar-refractivity contribution is -0.141. The number of amides is 2. The molecule has 100 valence electrons. The molecule has 1 aromatic heterocycles. The Hall–Kier alpha value is -1.63. The van der Waals surface area contributed by atoms with Gasteiger partial charge >= 0.3 is 12.0 Å². The van der Waals surface area contributed by atoms with Gasteiger partial charge in [0.25, 0.3) is 0 Å². The number of carbonyl (C=O) groups excluding carboxylic acids is 1. The van der Waals surface area contributed by atoms with Crippen LogP contribution in [0.25, 0.3) is 0 Å². The third-order valence-electron chi connectivity index (χ3n) is 2.27. The van der Waals surface area contributed by atoms with Gasteiger partial charge in [-0.1, -0.05) is 20.8 Å². The normalized spacial score (nSPS) is 12.8. The number of aromatic nitrogens is 1. The van der Waals surface area contributed by atoms with Gasteiger partial charge in [0, 0.05) is 11.6 Å². The number of carboxylic acid groups (broad SMARTS) is 1. The number of hydrogen-bond acceptors (Lipinski definition) is 4. The number of urea groups is 1. The number of nitrogens with zero attached hydrogens (tertiary/aromatic N) is 1. The fourth-order valence-corrected chi connectivity index (χ4v) is 1.88. The summed E-state index contributed by atoms with van der Waals surface area (Å²) in [5.41, 5.74) is -0.551. The van der Waals surface area contributed by atoms with Crippen LogP contribution < -0.4 is 10.6 Å². The lowest BCUT2D eigenvalue weighted by Gasteiger charge is -2.27. The van der Waals surface area contributed by atoms with Crippen LogP contribution in [-0.2, 0) is 11.3 Å². The minimum atomic E-state index is -1.05. The second kappa shape index (κ2) is 5.81. The number of thiazole rings is 1. The summed E-state index contributed by atoms with van der Waals surface area (Å²) in [6, 6.07) is -1.44. The molecule has 0 saturated heterocycles. The Morgan fingerprint density at radius 1 is 1.50 bits per heavy atom. The highest BCUT2D eigenvalue weighted by molar-refractivity contribution is 7.09. The van der Waals surface area contributed by atoms with Crippen LogP contribution in [-0.4, -0.2) is 28.1 Å². The average Bonchev–Trinajstić information content (AvgIpc) is 2.73. The molecule has 1 rings (SSSR count). The predicted molar refractivity (Wildman–Crippen MR) is 68.4 cm³/mol. The van der Waals surface area contributed by atoms with E-state index in [-0.39, 0.29) is 0 Å². The van der Waals surface area contributed by atoms with E-state index in [2.05, 4.69) is 15.6 Å². The second-order valence-corrected chi connectivity index (χ2v) is 5.87. The lowest BCUT2D eigenvalue weighted by atomic mass is 9.87. The van der Waals surface area contributed by atoms with Crippen molar-refractivity contribution in [1.82, 2.24) is 15.6 Å². The minimum Gasteiger partial charge on any atom is -0.480 e. The fourth-order valence-electron chi connectivity index (χ4n) is 1.33. The molecule has 1 aromatic rings. The van der Waals surface area contributed by atoms with Crippen molar-refractivity contribution in [3.63, 3.8) is 0 Å². The number of carboxylic acids is 1. The van der Waals surface area contributed by atoms with Gasteiger partial charge in [-0.2, -0.15) is 0 Å². The summed E-state index contributed by atoms with van der Waals surface area (Å²) < 4.78 is 0. The standard InChI is InChI=1S/C11H17N3O3S/c1-11(2,3)8(9(15)16)14-10(17)13-6-7-12-4-5-18-7/h4-5,8H,6H2,1-3H3,(H,15,16)(H2,13,14,17)/t8-/m1/s1. The van der Waals surface area contributed by atoms with Crippen LogP contribution in [0.2, 0.25) is 0 Å². The molecule has 0 aliphatic carbocycles. The molecule has 0 bridgehead atoms. The largest absolute Gasteiger partial charge is 0.480 e. The number of nitrogens with one attached hydrogen (secondary N) is 2. The summed E-state index contributed by atoms with van der Waals surface area (Å²) in [5.74, 6) is -1.05. The molecule has 0 fully saturated rings. The van der Waals surface area contributed by atoms with Gasteiger partial charge < -0.3 is 15.7 Å². The number of rotatable bonds is 4. The highest BCUT2D eigenvalue weighted by atomic mass is 32.1. The maximum atomic E-state index is 11.6. The Kier molecular flexibility index (Phi) is 4.66. The lowest BCUT2D eigenvalue weighted by Crippen LogP contribution is -2.52. The molecule has 0 aromatic carbocycles. The second-order valence-electron chi connectivity index (χ2n) is 4.89. The number of hydrogen-bond donors (Lipinski definition) is 3. The van der Waals surface area contributed by atoms with E-state index in [0.717, 1.165) is 5.01 Å². The van der Waals surface area contributed by atoms with E-state index in [1.807, 2.05) is 5.38 Å². The summed E-state index contributed by atoms with van der Waals surface area (Å²) in [7, 11) is 0. The third kappa shape index (κ3) is 4.33. The van der Waals surface area contributed by atoms with Crippen molar-refractivity contribution in [3.05, 3.63) is 16.6 Å². The topological polar surface area (TPSA) is 91.3 Å². The molecule has 0 unspecified atom stereocenters. The van der Waals surface area contributed by atoms with Crippen LogP contribution in [0.4, 0.5) is 4.79 Å². The average molecular weight is 271 g/mol. The van der Waals surface area contributed by atoms with Crippen molar-refractivity contribution < 1.29 is 14.7 Å². The quantitative estimate of drug-likeness (QED) is 0.772. The molecule has 0 radical (unpaired) electrons. The van der Waals surface area contributed by atoms with Crippen LogP contribution in [0.1, 0.15) is 25.8 Å². The number of aliphatic carboxylic acids is 1. The Bertz CT molecular complexity index is 412. The Morgan fingerprint density at radius 3 is 2.61 bits per heavy atom. The highest BCUT2D eigenvalue weighted by Gasteiger charge is 2.32. The van der Waals surface area contributed by atoms with Crippen molar-refractivity contribution in [1.29, 1.82) is 0 Å². The van der Waals surface area contributed by atoms with Crippen molar-refractivity contribution in [2.45, 2.75) is 33.4 Å². The van der Waals surface area contributed by atoms with Crippen molar-refractivity contribution in [3.8, 4) is 0 Å². The molecule has 0 spiro atoms. The summed E-state index contributed by atoms with van der Waals surface area (Å²) >= 11 is 1.43. The third-order valence-corrected chi connectivity index (χ3v) is 3.05.